The molecule has 1 aromatic rings. The standard InChI is InChI=1S/C13H19N3O3/c14-11-6-1-7-12(13(11)16(18)19)15-8-2-4-10(15)5-3-9-17/h1,6-7,10,17H,2-5,8-9,14H2. The Morgan fingerprint density at radius 3 is 3.00 bits per heavy atom. The van der Waals surface area contributed by atoms with E-state index in [1.807, 2.05) is 0 Å². The Balaban J connectivity index is 2.30. The van der Waals surface area contributed by atoms with Crippen molar-refractivity contribution in [2.24, 2.45) is 0 Å². The van der Waals surface area contributed by atoms with Crippen molar-refractivity contribution in [1.82, 2.24) is 0 Å². The quantitative estimate of drug-likeness (QED) is 0.482. The minimum atomic E-state index is -0.411. The summed E-state index contributed by atoms with van der Waals surface area (Å²) >= 11 is 0. The number of hydrogen-bond donors (Lipinski definition) is 2. The van der Waals surface area contributed by atoms with Gasteiger partial charge in [-0.1, -0.05) is 6.07 Å². The molecule has 0 aliphatic carbocycles. The maximum absolute atomic E-state index is 11.2. The summed E-state index contributed by atoms with van der Waals surface area (Å²) in [6, 6.07) is 5.32. The van der Waals surface area contributed by atoms with E-state index in [9.17, 15) is 10.1 Å². The van der Waals surface area contributed by atoms with Crippen molar-refractivity contribution in [1.29, 1.82) is 0 Å². The highest BCUT2D eigenvalue weighted by atomic mass is 16.6. The summed E-state index contributed by atoms with van der Waals surface area (Å²) in [4.78, 5) is 12.8. The van der Waals surface area contributed by atoms with Crippen LogP contribution in [0.25, 0.3) is 0 Å². The summed E-state index contributed by atoms with van der Waals surface area (Å²) in [6.07, 6.45) is 3.59. The lowest BCUT2D eigenvalue weighted by Crippen LogP contribution is -2.30. The highest BCUT2D eigenvalue weighted by Gasteiger charge is 2.30. The second-order valence-electron chi connectivity index (χ2n) is 4.83. The molecule has 0 saturated carbocycles. The fourth-order valence-electron chi connectivity index (χ4n) is 2.76. The SMILES string of the molecule is Nc1cccc(N2CCCC2CCCO)c1[N+](=O)[O-]. The monoisotopic (exact) mass is 265 g/mol. The van der Waals surface area contributed by atoms with Gasteiger partial charge in [0.1, 0.15) is 11.4 Å². The molecule has 1 saturated heterocycles. The Morgan fingerprint density at radius 1 is 1.53 bits per heavy atom. The van der Waals surface area contributed by atoms with Gasteiger partial charge in [0.15, 0.2) is 0 Å². The number of nitrogen functional groups attached to an aromatic ring is 1. The van der Waals surface area contributed by atoms with Crippen molar-refractivity contribution >= 4 is 17.1 Å². The van der Waals surface area contributed by atoms with Crippen molar-refractivity contribution in [3.8, 4) is 0 Å². The lowest BCUT2D eigenvalue weighted by molar-refractivity contribution is -0.383. The number of nitro groups is 1. The maximum Gasteiger partial charge on any atom is 0.315 e. The molecule has 6 heteroatoms. The van der Waals surface area contributed by atoms with E-state index in [0.29, 0.717) is 5.69 Å². The zero-order valence-electron chi connectivity index (χ0n) is 10.8. The molecule has 0 bridgehead atoms. The summed E-state index contributed by atoms with van der Waals surface area (Å²) in [6.45, 7) is 0.962. The van der Waals surface area contributed by atoms with E-state index >= 15 is 0 Å². The molecule has 0 spiro atoms. The summed E-state index contributed by atoms with van der Waals surface area (Å²) in [5.41, 5.74) is 6.53. The number of nitrogens with two attached hydrogens (primary N) is 1. The van der Waals surface area contributed by atoms with Crippen LogP contribution in [0.2, 0.25) is 0 Å². The van der Waals surface area contributed by atoms with Crippen molar-refractivity contribution in [3.05, 3.63) is 28.3 Å². The molecule has 1 fully saturated rings. The van der Waals surface area contributed by atoms with Gasteiger partial charge in [-0.25, -0.2) is 0 Å². The van der Waals surface area contributed by atoms with Crippen LogP contribution in [0, 0.1) is 10.1 Å². The Kier molecular flexibility index (Phi) is 4.21. The lowest BCUT2D eigenvalue weighted by Gasteiger charge is -2.26. The largest absolute Gasteiger partial charge is 0.396 e. The van der Waals surface area contributed by atoms with E-state index in [4.69, 9.17) is 10.8 Å². The van der Waals surface area contributed by atoms with Crippen LogP contribution < -0.4 is 10.6 Å². The minimum Gasteiger partial charge on any atom is -0.396 e. The molecular weight excluding hydrogens is 246 g/mol. The van der Waals surface area contributed by atoms with Gasteiger partial charge >= 0.3 is 5.69 Å². The summed E-state index contributed by atoms with van der Waals surface area (Å²) < 4.78 is 0. The van der Waals surface area contributed by atoms with E-state index in [1.165, 1.54) is 0 Å². The number of anilines is 2. The normalized spacial score (nSPS) is 18.8. The van der Waals surface area contributed by atoms with Gasteiger partial charge in [-0.15, -0.1) is 0 Å². The van der Waals surface area contributed by atoms with Gasteiger partial charge in [0, 0.05) is 19.2 Å². The van der Waals surface area contributed by atoms with Crippen molar-refractivity contribution in [3.63, 3.8) is 0 Å². The topological polar surface area (TPSA) is 92.6 Å². The van der Waals surface area contributed by atoms with Crippen molar-refractivity contribution in [2.75, 3.05) is 23.8 Å². The van der Waals surface area contributed by atoms with E-state index in [1.54, 1.807) is 18.2 Å². The number of nitro benzene ring substituents is 1. The number of benzene rings is 1. The van der Waals surface area contributed by atoms with Gasteiger partial charge in [-0.2, -0.15) is 0 Å². The molecule has 6 nitrogen and oxygen atoms in total. The molecule has 1 aliphatic rings. The van der Waals surface area contributed by atoms with Crippen LogP contribution in [-0.4, -0.2) is 29.2 Å². The van der Waals surface area contributed by atoms with Crippen molar-refractivity contribution in [2.45, 2.75) is 31.7 Å². The first-order chi connectivity index (χ1) is 9.15. The predicted octanol–water partition coefficient (Wildman–Crippen LogP) is 1.92. The lowest BCUT2D eigenvalue weighted by atomic mass is 10.1. The number of rotatable bonds is 5. The highest BCUT2D eigenvalue weighted by Crippen LogP contribution is 2.38. The predicted molar refractivity (Wildman–Crippen MR) is 74.2 cm³/mol. The fourth-order valence-corrected chi connectivity index (χ4v) is 2.76. The van der Waals surface area contributed by atoms with Crippen LogP contribution in [-0.2, 0) is 0 Å². The first kappa shape index (κ1) is 13.6. The zero-order valence-corrected chi connectivity index (χ0v) is 10.8. The average Bonchev–Trinajstić information content (AvgIpc) is 2.83. The molecule has 1 aliphatic heterocycles. The third kappa shape index (κ3) is 2.78. The first-order valence-corrected chi connectivity index (χ1v) is 6.55. The highest BCUT2D eigenvalue weighted by molar-refractivity contribution is 5.75. The van der Waals surface area contributed by atoms with E-state index in [0.717, 1.165) is 32.2 Å². The summed E-state index contributed by atoms with van der Waals surface area (Å²) in [7, 11) is 0. The average molecular weight is 265 g/mol. The smallest absolute Gasteiger partial charge is 0.315 e. The van der Waals surface area contributed by atoms with Gasteiger partial charge in [0.2, 0.25) is 0 Å². The Hall–Kier alpha value is -1.82. The molecular formula is C13H19N3O3. The molecule has 2 rings (SSSR count). The Bertz CT molecular complexity index is 464. The second kappa shape index (κ2) is 5.88. The minimum absolute atomic E-state index is 0.00148. The van der Waals surface area contributed by atoms with Crippen LogP contribution in [0.15, 0.2) is 18.2 Å². The maximum atomic E-state index is 11.2. The molecule has 0 amide bonds. The molecule has 3 N–H and O–H groups in total. The molecule has 0 radical (unpaired) electrons. The number of nitrogens with zero attached hydrogens (tertiary/aromatic N) is 2. The van der Waals surface area contributed by atoms with Gasteiger partial charge in [0.05, 0.1) is 4.92 Å². The fraction of sp³-hybridized carbons (Fsp3) is 0.538. The van der Waals surface area contributed by atoms with Gasteiger partial charge in [0.25, 0.3) is 0 Å². The summed E-state index contributed by atoms with van der Waals surface area (Å²) in [5, 5.41) is 20.1. The second-order valence-corrected chi connectivity index (χ2v) is 4.83. The Labute approximate surface area is 112 Å². The third-order valence-electron chi connectivity index (χ3n) is 3.61. The van der Waals surface area contributed by atoms with Crippen LogP contribution in [0.1, 0.15) is 25.7 Å². The van der Waals surface area contributed by atoms with Gasteiger partial charge < -0.3 is 15.7 Å². The van der Waals surface area contributed by atoms with E-state index < -0.39 is 4.92 Å². The molecule has 19 heavy (non-hydrogen) atoms. The van der Waals surface area contributed by atoms with E-state index in [2.05, 4.69) is 4.90 Å². The van der Waals surface area contributed by atoms with Gasteiger partial charge in [-0.05, 0) is 37.8 Å². The van der Waals surface area contributed by atoms with Crippen LogP contribution in [0.5, 0.6) is 0 Å². The zero-order chi connectivity index (χ0) is 13.8. The first-order valence-electron chi connectivity index (χ1n) is 6.55. The molecule has 1 heterocycles. The van der Waals surface area contributed by atoms with E-state index in [-0.39, 0.29) is 24.0 Å². The molecule has 104 valence electrons. The van der Waals surface area contributed by atoms with Crippen molar-refractivity contribution < 1.29 is 10.0 Å². The molecule has 1 unspecified atom stereocenters. The van der Waals surface area contributed by atoms with Crippen LogP contribution >= 0.6 is 0 Å². The van der Waals surface area contributed by atoms with Gasteiger partial charge in [-0.3, -0.25) is 10.1 Å². The molecule has 1 atom stereocenters. The number of para-hydroxylation sites is 1. The summed E-state index contributed by atoms with van der Waals surface area (Å²) in [5.74, 6) is 0. The third-order valence-corrected chi connectivity index (χ3v) is 3.61. The number of aliphatic hydroxyl groups excluding tert-OH is 1. The number of hydrogen-bond acceptors (Lipinski definition) is 5. The van der Waals surface area contributed by atoms with Crippen LogP contribution in [0.4, 0.5) is 17.1 Å². The number of aliphatic hydroxyl groups is 1. The van der Waals surface area contributed by atoms with Crippen LogP contribution in [0.3, 0.4) is 0 Å². The Morgan fingerprint density at radius 2 is 2.32 bits per heavy atom. The molecule has 0 aromatic heterocycles. The molecule has 1 aromatic carbocycles.